The van der Waals surface area contributed by atoms with Gasteiger partial charge in [-0.05, 0) is 23.8 Å². The molecule has 0 aliphatic carbocycles. The Morgan fingerprint density at radius 1 is 1.14 bits per heavy atom. The van der Waals surface area contributed by atoms with E-state index in [1.54, 1.807) is 0 Å². The van der Waals surface area contributed by atoms with Gasteiger partial charge in [0.25, 0.3) is 0 Å². The second kappa shape index (κ2) is 7.37. The van der Waals surface area contributed by atoms with Crippen LogP contribution < -0.4 is 4.90 Å². The lowest BCUT2D eigenvalue weighted by atomic mass is 10.0. The number of hydrogen-bond donors (Lipinski definition) is 2. The van der Waals surface area contributed by atoms with E-state index < -0.39 is 0 Å². The van der Waals surface area contributed by atoms with E-state index in [1.807, 2.05) is 14.1 Å². The predicted molar refractivity (Wildman–Crippen MR) is 109 cm³/mol. The van der Waals surface area contributed by atoms with Gasteiger partial charge in [0.1, 0.15) is 11.5 Å². The first kappa shape index (κ1) is 18.7. The highest BCUT2D eigenvalue weighted by molar-refractivity contribution is 6.32. The van der Waals surface area contributed by atoms with Crippen molar-refractivity contribution in [3.05, 3.63) is 58.2 Å². The zero-order chi connectivity index (χ0) is 19.8. The maximum absolute atomic E-state index is 10.2. The minimum absolute atomic E-state index is 0.0859. The number of fused-ring (bicyclic) bond motifs is 1. The summed E-state index contributed by atoms with van der Waals surface area (Å²) in [6.45, 7) is 2.37. The average molecular weight is 400 g/mol. The molecular weight excluding hydrogens is 378 g/mol. The summed E-state index contributed by atoms with van der Waals surface area (Å²) >= 11 is 6.02. The van der Waals surface area contributed by atoms with Crippen molar-refractivity contribution in [1.82, 2.24) is 10.1 Å². The summed E-state index contributed by atoms with van der Waals surface area (Å²) in [5, 5.41) is 24.2. The van der Waals surface area contributed by atoms with Crippen molar-refractivity contribution in [3.8, 4) is 22.8 Å². The first-order valence-electron chi connectivity index (χ1n) is 9.10. The van der Waals surface area contributed by atoms with Gasteiger partial charge in [-0.2, -0.15) is 0 Å². The lowest BCUT2D eigenvalue weighted by Gasteiger charge is -2.26. The Morgan fingerprint density at radius 2 is 1.89 bits per heavy atom. The molecule has 2 heterocycles. The monoisotopic (exact) mass is 399 g/mol. The fourth-order valence-electron chi connectivity index (χ4n) is 3.51. The van der Waals surface area contributed by atoms with Gasteiger partial charge in [-0.1, -0.05) is 28.9 Å². The zero-order valence-corrected chi connectivity index (χ0v) is 16.6. The molecule has 0 amide bonds. The van der Waals surface area contributed by atoms with Crippen molar-refractivity contribution < 1.29 is 14.7 Å². The number of phenolic OH excluding ortho intramolecular Hbond substituents is 2. The molecule has 3 aromatic rings. The maximum atomic E-state index is 10.2. The molecule has 2 aromatic carbocycles. The lowest BCUT2D eigenvalue weighted by molar-refractivity contribution is 0.245. The number of hydrogen-bond acceptors (Lipinski definition) is 6. The number of nitrogens with zero attached hydrogens (tertiary/aromatic N) is 3. The molecular formula is C21H22ClN3O3. The van der Waals surface area contributed by atoms with Crippen molar-refractivity contribution in [2.45, 2.75) is 19.5 Å². The number of aromatic hydroxyl groups is 2. The quantitative estimate of drug-likeness (QED) is 0.690. The van der Waals surface area contributed by atoms with Gasteiger partial charge >= 0.3 is 0 Å². The molecule has 4 rings (SSSR count). The highest BCUT2D eigenvalue weighted by Crippen LogP contribution is 2.40. The van der Waals surface area contributed by atoms with Gasteiger partial charge in [-0.3, -0.25) is 4.90 Å². The third-order valence-corrected chi connectivity index (χ3v) is 5.39. The van der Waals surface area contributed by atoms with Crippen LogP contribution in [0.3, 0.4) is 0 Å². The van der Waals surface area contributed by atoms with E-state index in [0.717, 1.165) is 30.8 Å². The number of anilines is 1. The molecule has 0 spiro atoms. The average Bonchev–Trinajstić information content (AvgIpc) is 3.08. The van der Waals surface area contributed by atoms with Crippen LogP contribution in [0.1, 0.15) is 16.8 Å². The number of halogens is 1. The van der Waals surface area contributed by atoms with E-state index in [1.165, 1.54) is 23.4 Å². The van der Waals surface area contributed by atoms with Gasteiger partial charge in [0, 0.05) is 57.5 Å². The minimum atomic E-state index is -0.168. The van der Waals surface area contributed by atoms with E-state index in [2.05, 4.69) is 39.2 Å². The number of phenols is 2. The molecule has 7 heteroatoms. The largest absolute Gasteiger partial charge is 0.507 e. The third-order valence-electron chi connectivity index (χ3n) is 5.08. The van der Waals surface area contributed by atoms with Crippen LogP contribution in [0.25, 0.3) is 11.3 Å². The standard InChI is InChI=1S/C21H22ClN3O3/c1-24(2)14-5-3-13(4-6-14)11-25-8-7-18-16(12-25)21(28-23-18)15-9-17(22)20(27)10-19(15)26/h3-6,9-10,26-27H,7-8,11-12H2,1-2H3. The van der Waals surface area contributed by atoms with E-state index in [9.17, 15) is 10.2 Å². The predicted octanol–water partition coefficient (Wildman–Crippen LogP) is 4.03. The number of aromatic nitrogens is 1. The van der Waals surface area contributed by atoms with Crippen molar-refractivity contribution in [2.24, 2.45) is 0 Å². The summed E-state index contributed by atoms with van der Waals surface area (Å²) in [7, 11) is 4.05. The van der Waals surface area contributed by atoms with Crippen LogP contribution in [0.2, 0.25) is 5.02 Å². The van der Waals surface area contributed by atoms with Gasteiger partial charge in [-0.25, -0.2) is 0 Å². The smallest absolute Gasteiger partial charge is 0.175 e. The highest BCUT2D eigenvalue weighted by atomic mass is 35.5. The molecule has 0 fully saturated rings. The molecule has 2 N–H and O–H groups in total. The van der Waals surface area contributed by atoms with Crippen LogP contribution >= 0.6 is 11.6 Å². The van der Waals surface area contributed by atoms with Crippen LogP contribution in [0.4, 0.5) is 5.69 Å². The van der Waals surface area contributed by atoms with Gasteiger partial charge in [0.15, 0.2) is 5.76 Å². The summed E-state index contributed by atoms with van der Waals surface area (Å²) in [5.41, 5.74) is 4.70. The maximum Gasteiger partial charge on any atom is 0.175 e. The van der Waals surface area contributed by atoms with E-state index in [0.29, 0.717) is 17.9 Å². The van der Waals surface area contributed by atoms with E-state index in [-0.39, 0.29) is 16.5 Å². The van der Waals surface area contributed by atoms with Crippen molar-refractivity contribution in [2.75, 3.05) is 25.5 Å². The second-order valence-electron chi connectivity index (χ2n) is 7.28. The summed E-state index contributed by atoms with van der Waals surface area (Å²) in [5.74, 6) is 0.249. The molecule has 146 valence electrons. The Hall–Kier alpha value is -2.70. The Morgan fingerprint density at radius 3 is 2.61 bits per heavy atom. The van der Waals surface area contributed by atoms with Gasteiger partial charge in [0.2, 0.25) is 0 Å². The molecule has 1 aliphatic heterocycles. The summed E-state index contributed by atoms with van der Waals surface area (Å²) in [6.07, 6.45) is 0.779. The Bertz CT molecular complexity index is 999. The molecule has 0 radical (unpaired) electrons. The van der Waals surface area contributed by atoms with Crippen LogP contribution in [0, 0.1) is 0 Å². The molecule has 0 bridgehead atoms. The summed E-state index contributed by atoms with van der Waals surface area (Å²) in [6, 6.07) is 11.2. The Balaban J connectivity index is 1.57. The van der Waals surface area contributed by atoms with Crippen molar-refractivity contribution >= 4 is 17.3 Å². The molecule has 1 aliphatic rings. The fraction of sp³-hybridized carbons (Fsp3) is 0.286. The highest BCUT2D eigenvalue weighted by Gasteiger charge is 2.26. The van der Waals surface area contributed by atoms with Crippen molar-refractivity contribution in [1.29, 1.82) is 0 Å². The van der Waals surface area contributed by atoms with Gasteiger partial charge in [0.05, 0.1) is 16.3 Å². The van der Waals surface area contributed by atoms with E-state index >= 15 is 0 Å². The van der Waals surface area contributed by atoms with Crippen LogP contribution in [0.5, 0.6) is 11.5 Å². The first-order chi connectivity index (χ1) is 13.4. The molecule has 0 saturated heterocycles. The Labute approximate surface area is 168 Å². The normalized spacial score (nSPS) is 14.1. The molecule has 1 aromatic heterocycles. The topological polar surface area (TPSA) is 73.0 Å². The number of rotatable bonds is 4. The molecule has 0 atom stereocenters. The minimum Gasteiger partial charge on any atom is -0.507 e. The van der Waals surface area contributed by atoms with Crippen LogP contribution in [-0.4, -0.2) is 40.9 Å². The summed E-state index contributed by atoms with van der Waals surface area (Å²) < 4.78 is 5.54. The first-order valence-corrected chi connectivity index (χ1v) is 9.48. The van der Waals surface area contributed by atoms with Crippen LogP contribution in [0.15, 0.2) is 40.9 Å². The molecule has 0 unspecified atom stereocenters. The van der Waals surface area contributed by atoms with E-state index in [4.69, 9.17) is 16.1 Å². The SMILES string of the molecule is CN(C)c1ccc(CN2CCc3noc(-c4cc(Cl)c(O)cc4O)c3C2)cc1. The second-order valence-corrected chi connectivity index (χ2v) is 7.69. The summed E-state index contributed by atoms with van der Waals surface area (Å²) in [4.78, 5) is 4.41. The van der Waals surface area contributed by atoms with Crippen LogP contribution in [-0.2, 0) is 19.5 Å². The molecule has 6 nitrogen and oxygen atoms in total. The van der Waals surface area contributed by atoms with Gasteiger partial charge < -0.3 is 19.6 Å². The molecule has 28 heavy (non-hydrogen) atoms. The van der Waals surface area contributed by atoms with Gasteiger partial charge in [-0.15, -0.1) is 0 Å². The van der Waals surface area contributed by atoms with Crippen molar-refractivity contribution in [3.63, 3.8) is 0 Å². The Kier molecular flexibility index (Phi) is 4.91. The molecule has 0 saturated carbocycles. The fourth-order valence-corrected chi connectivity index (χ4v) is 3.67. The third kappa shape index (κ3) is 3.53. The lowest BCUT2D eigenvalue weighted by Crippen LogP contribution is -2.30. The zero-order valence-electron chi connectivity index (χ0n) is 15.8. The number of benzene rings is 2.